The van der Waals surface area contributed by atoms with Crippen LogP contribution in [0, 0.1) is 0 Å². The van der Waals surface area contributed by atoms with E-state index in [1.54, 1.807) is 24.8 Å². The number of aromatic nitrogens is 2. The maximum absolute atomic E-state index is 5.95. The van der Waals surface area contributed by atoms with Crippen molar-refractivity contribution in [1.29, 1.82) is 0 Å². The molecule has 2 aromatic heterocycles. The highest BCUT2D eigenvalue weighted by atomic mass is 32.1. The number of rotatable bonds is 7. The number of nitrogens with zero attached hydrogens (tertiary/aromatic N) is 6. The molecule has 3 aromatic rings. The molecule has 3 fully saturated rings. The standard InChI is InChI=1S/C28H37N7O2S/c1-32-12-14-34(15-13-32)21-7-10-33(11-8-21)22-5-6-23(25(18-22)36-2)31-27-19-28(30-20-29-27)35-24(9-16-37-35)26-4-3-17-38-26/h3-6,17-21,24H,7-16H2,1-2H3,(H,29,30,31). The lowest BCUT2D eigenvalue weighted by atomic mass is 10.0. The van der Waals surface area contributed by atoms with Crippen LogP contribution in [0.1, 0.15) is 30.2 Å². The Morgan fingerprint density at radius 1 is 1.00 bits per heavy atom. The molecule has 1 atom stereocenters. The first-order valence-corrected chi connectivity index (χ1v) is 14.5. The summed E-state index contributed by atoms with van der Waals surface area (Å²) in [5.41, 5.74) is 2.09. The molecule has 0 aliphatic carbocycles. The summed E-state index contributed by atoms with van der Waals surface area (Å²) in [4.78, 5) is 23.8. The van der Waals surface area contributed by atoms with Crippen LogP contribution < -0.4 is 20.0 Å². The molecule has 5 heterocycles. The lowest BCUT2D eigenvalue weighted by Crippen LogP contribution is -2.52. The van der Waals surface area contributed by atoms with Gasteiger partial charge in [-0.3, -0.25) is 9.74 Å². The Morgan fingerprint density at radius 3 is 2.61 bits per heavy atom. The summed E-state index contributed by atoms with van der Waals surface area (Å²) in [5.74, 6) is 2.25. The first-order valence-electron chi connectivity index (χ1n) is 13.6. The van der Waals surface area contributed by atoms with Crippen molar-refractivity contribution in [3.8, 4) is 5.75 Å². The third kappa shape index (κ3) is 5.44. The van der Waals surface area contributed by atoms with Crippen molar-refractivity contribution in [3.05, 3.63) is 53.0 Å². The second kappa shape index (κ2) is 11.4. The highest BCUT2D eigenvalue weighted by Crippen LogP contribution is 2.37. The molecule has 9 nitrogen and oxygen atoms in total. The Balaban J connectivity index is 1.11. The van der Waals surface area contributed by atoms with Gasteiger partial charge >= 0.3 is 0 Å². The van der Waals surface area contributed by atoms with Gasteiger partial charge in [0, 0.05) is 74.4 Å². The zero-order valence-electron chi connectivity index (χ0n) is 22.3. The highest BCUT2D eigenvalue weighted by Gasteiger charge is 2.30. The zero-order valence-corrected chi connectivity index (χ0v) is 23.1. The molecule has 3 saturated heterocycles. The third-order valence-electron chi connectivity index (χ3n) is 7.99. The van der Waals surface area contributed by atoms with Crippen molar-refractivity contribution in [3.63, 3.8) is 0 Å². The van der Waals surface area contributed by atoms with E-state index in [0.29, 0.717) is 18.5 Å². The van der Waals surface area contributed by atoms with Gasteiger partial charge in [0.15, 0.2) is 5.82 Å². The van der Waals surface area contributed by atoms with Gasteiger partial charge in [0.1, 0.15) is 17.9 Å². The average molecular weight is 536 g/mol. The maximum atomic E-state index is 5.95. The van der Waals surface area contributed by atoms with E-state index in [0.717, 1.165) is 36.8 Å². The first kappa shape index (κ1) is 25.4. The minimum absolute atomic E-state index is 0.173. The number of piperidine rings is 1. The van der Waals surface area contributed by atoms with E-state index < -0.39 is 0 Å². The minimum atomic E-state index is 0.173. The number of likely N-dealkylation sites (N-methyl/N-ethyl adjacent to an activating group) is 1. The van der Waals surface area contributed by atoms with E-state index in [-0.39, 0.29) is 6.04 Å². The Bertz CT molecular complexity index is 1190. The number of hydrogen-bond donors (Lipinski definition) is 1. The molecule has 0 bridgehead atoms. The Labute approximate surface area is 228 Å². The largest absolute Gasteiger partial charge is 0.494 e. The van der Waals surface area contributed by atoms with E-state index in [1.807, 2.05) is 11.1 Å². The number of benzene rings is 1. The van der Waals surface area contributed by atoms with Gasteiger partial charge in [-0.15, -0.1) is 11.3 Å². The fourth-order valence-electron chi connectivity index (χ4n) is 5.76. The molecular weight excluding hydrogens is 498 g/mol. The van der Waals surface area contributed by atoms with E-state index in [2.05, 4.69) is 72.7 Å². The molecule has 0 amide bonds. The second-order valence-electron chi connectivity index (χ2n) is 10.3. The molecule has 3 aliphatic heterocycles. The molecule has 0 saturated carbocycles. The molecule has 202 valence electrons. The van der Waals surface area contributed by atoms with Crippen LogP contribution in [0.5, 0.6) is 5.75 Å². The lowest BCUT2D eigenvalue weighted by Gasteiger charge is -2.42. The smallest absolute Gasteiger partial charge is 0.158 e. The van der Waals surface area contributed by atoms with Crippen LogP contribution in [0.4, 0.5) is 23.0 Å². The summed E-state index contributed by atoms with van der Waals surface area (Å²) in [6.45, 7) is 7.57. The number of ether oxygens (including phenoxy) is 1. The van der Waals surface area contributed by atoms with Gasteiger partial charge in [0.2, 0.25) is 0 Å². The summed E-state index contributed by atoms with van der Waals surface area (Å²) in [5, 5.41) is 7.45. The van der Waals surface area contributed by atoms with E-state index in [9.17, 15) is 0 Å². The fourth-order valence-corrected chi connectivity index (χ4v) is 6.61. The van der Waals surface area contributed by atoms with Crippen molar-refractivity contribution >= 4 is 34.3 Å². The number of thiophene rings is 1. The van der Waals surface area contributed by atoms with Gasteiger partial charge in [-0.1, -0.05) is 6.07 Å². The van der Waals surface area contributed by atoms with E-state index in [1.165, 1.54) is 49.6 Å². The number of hydrogen-bond acceptors (Lipinski definition) is 10. The topological polar surface area (TPSA) is 69.2 Å². The molecule has 38 heavy (non-hydrogen) atoms. The van der Waals surface area contributed by atoms with Crippen LogP contribution in [0.3, 0.4) is 0 Å². The summed E-state index contributed by atoms with van der Waals surface area (Å²) in [7, 11) is 3.94. The van der Waals surface area contributed by atoms with Crippen LogP contribution in [-0.4, -0.2) is 85.8 Å². The molecule has 0 radical (unpaired) electrons. The summed E-state index contributed by atoms with van der Waals surface area (Å²) >= 11 is 1.75. The molecule has 1 aromatic carbocycles. The Hall–Kier alpha value is -2.92. The predicted molar refractivity (Wildman–Crippen MR) is 153 cm³/mol. The minimum Gasteiger partial charge on any atom is -0.494 e. The summed E-state index contributed by atoms with van der Waals surface area (Å²) < 4.78 is 5.79. The van der Waals surface area contributed by atoms with Gasteiger partial charge in [-0.2, -0.15) is 0 Å². The third-order valence-corrected chi connectivity index (χ3v) is 8.96. The molecule has 3 aliphatic rings. The van der Waals surface area contributed by atoms with Crippen LogP contribution in [0.15, 0.2) is 48.1 Å². The molecular formula is C28H37N7O2S. The second-order valence-corrected chi connectivity index (χ2v) is 11.3. The molecule has 1 N–H and O–H groups in total. The van der Waals surface area contributed by atoms with Gasteiger partial charge < -0.3 is 19.9 Å². The van der Waals surface area contributed by atoms with Crippen molar-refractivity contribution in [2.45, 2.75) is 31.3 Å². The van der Waals surface area contributed by atoms with Gasteiger partial charge in [-0.05, 0) is 43.5 Å². The number of piperazine rings is 1. The van der Waals surface area contributed by atoms with Crippen molar-refractivity contribution in [1.82, 2.24) is 19.8 Å². The summed E-state index contributed by atoms with van der Waals surface area (Å²) in [6, 6.07) is 13.4. The first-order chi connectivity index (χ1) is 18.7. The average Bonchev–Trinajstić information content (AvgIpc) is 3.67. The zero-order chi connectivity index (χ0) is 25.9. The quantitative estimate of drug-likeness (QED) is 0.474. The van der Waals surface area contributed by atoms with Crippen LogP contribution >= 0.6 is 11.3 Å². The molecule has 1 unspecified atom stereocenters. The van der Waals surface area contributed by atoms with Gasteiger partial charge in [0.25, 0.3) is 0 Å². The van der Waals surface area contributed by atoms with Crippen molar-refractivity contribution in [2.24, 2.45) is 0 Å². The molecule has 0 spiro atoms. The predicted octanol–water partition coefficient (Wildman–Crippen LogP) is 4.39. The van der Waals surface area contributed by atoms with Gasteiger partial charge in [0.05, 0.1) is 25.4 Å². The monoisotopic (exact) mass is 535 g/mol. The highest BCUT2D eigenvalue weighted by molar-refractivity contribution is 7.10. The summed E-state index contributed by atoms with van der Waals surface area (Å²) in [6.07, 6.45) is 4.94. The van der Waals surface area contributed by atoms with Gasteiger partial charge in [-0.25, -0.2) is 15.0 Å². The van der Waals surface area contributed by atoms with Crippen LogP contribution in [0.25, 0.3) is 0 Å². The van der Waals surface area contributed by atoms with E-state index in [4.69, 9.17) is 9.57 Å². The number of hydroxylamine groups is 1. The maximum Gasteiger partial charge on any atom is 0.158 e. The fraction of sp³-hybridized carbons (Fsp3) is 0.500. The van der Waals surface area contributed by atoms with E-state index >= 15 is 0 Å². The Kier molecular flexibility index (Phi) is 7.64. The van der Waals surface area contributed by atoms with Crippen molar-refractivity contribution < 1.29 is 9.57 Å². The van der Waals surface area contributed by atoms with Crippen LogP contribution in [-0.2, 0) is 4.84 Å². The van der Waals surface area contributed by atoms with Crippen molar-refractivity contribution in [2.75, 3.05) is 75.3 Å². The lowest BCUT2D eigenvalue weighted by molar-refractivity contribution is 0.0982. The van der Waals surface area contributed by atoms with Crippen LogP contribution in [0.2, 0.25) is 0 Å². The number of anilines is 4. The Morgan fingerprint density at radius 2 is 1.84 bits per heavy atom. The number of nitrogens with one attached hydrogen (secondary N) is 1. The molecule has 10 heteroatoms. The number of methoxy groups -OCH3 is 1. The molecule has 6 rings (SSSR count). The normalized spacial score (nSPS) is 21.7. The SMILES string of the molecule is COc1cc(N2CCC(N3CCN(C)CC3)CC2)ccc1Nc1cc(N2OCCC2c2cccs2)ncn1.